The van der Waals surface area contributed by atoms with Gasteiger partial charge in [-0.15, -0.1) is 10.8 Å². The zero-order chi connectivity index (χ0) is 19.3. The highest BCUT2D eigenvalue weighted by Gasteiger charge is 2.15. The van der Waals surface area contributed by atoms with Crippen LogP contribution in [-0.2, 0) is 13.5 Å². The highest BCUT2D eigenvalue weighted by atomic mass is 32.3. The molecule has 2 heterocycles. The lowest BCUT2D eigenvalue weighted by atomic mass is 9.99. The van der Waals surface area contributed by atoms with Crippen molar-refractivity contribution in [3.8, 4) is 16.9 Å². The second-order valence-electron chi connectivity index (χ2n) is 6.10. The first kappa shape index (κ1) is 20.3. The summed E-state index contributed by atoms with van der Waals surface area (Å²) >= 11 is 0. The molecule has 3 N–H and O–H groups in total. The number of nitrogens with zero attached hydrogens (tertiary/aromatic N) is 2. The van der Waals surface area contributed by atoms with Crippen LogP contribution in [-0.4, -0.2) is 31.5 Å². The average molecular weight is 381 g/mol. The summed E-state index contributed by atoms with van der Waals surface area (Å²) in [5, 5.41) is 0. The normalized spacial score (nSPS) is 12.1. The van der Waals surface area contributed by atoms with Crippen molar-refractivity contribution in [2.45, 2.75) is 33.1 Å². The van der Waals surface area contributed by atoms with Crippen molar-refractivity contribution in [1.82, 2.24) is 9.55 Å². The third-order valence-corrected chi connectivity index (χ3v) is 5.48. The van der Waals surface area contributed by atoms with Crippen LogP contribution in [0.4, 0.5) is 5.82 Å². The number of ether oxygens (including phenoxy) is 1. The third-order valence-electron chi connectivity index (χ3n) is 4.14. The standard InChI is InChI=1S/C18H27N3O4S/c1-5-7-8-13-11-19-17(20-26(23,24)6-2)10-15(13)14-9-16(25-4)18(22)21(3)12-14/h9-12,23-24H,5-8H2,1-4H3,(H,19,20). The SMILES string of the molecule is CCCCc1cnc(NS(O)(O)CC)cc1-c1cc(OC)c(=O)n(C)c1. The Morgan fingerprint density at radius 1 is 1.31 bits per heavy atom. The van der Waals surface area contributed by atoms with Crippen molar-refractivity contribution in [2.75, 3.05) is 17.6 Å². The van der Waals surface area contributed by atoms with Gasteiger partial charge >= 0.3 is 0 Å². The lowest BCUT2D eigenvalue weighted by molar-refractivity contribution is 0.405. The predicted molar refractivity (Wildman–Crippen MR) is 107 cm³/mol. The lowest BCUT2D eigenvalue weighted by Gasteiger charge is -2.31. The van der Waals surface area contributed by atoms with Crippen LogP contribution in [0, 0.1) is 0 Å². The summed E-state index contributed by atoms with van der Waals surface area (Å²) < 4.78 is 29.2. The number of hydrogen-bond acceptors (Lipinski definition) is 6. The van der Waals surface area contributed by atoms with E-state index in [0.717, 1.165) is 36.0 Å². The van der Waals surface area contributed by atoms with Crippen LogP contribution in [0.25, 0.3) is 11.1 Å². The van der Waals surface area contributed by atoms with Crippen LogP contribution in [0.2, 0.25) is 0 Å². The molecule has 0 bridgehead atoms. The molecule has 7 nitrogen and oxygen atoms in total. The number of rotatable bonds is 8. The molecule has 0 radical (unpaired) electrons. The fourth-order valence-electron chi connectivity index (χ4n) is 2.59. The summed E-state index contributed by atoms with van der Waals surface area (Å²) in [6, 6.07) is 3.49. The summed E-state index contributed by atoms with van der Waals surface area (Å²) in [4.78, 5) is 16.4. The van der Waals surface area contributed by atoms with Gasteiger partial charge < -0.3 is 9.30 Å². The number of anilines is 1. The monoisotopic (exact) mass is 381 g/mol. The van der Waals surface area contributed by atoms with Crippen LogP contribution >= 0.6 is 10.8 Å². The van der Waals surface area contributed by atoms with Crippen LogP contribution in [0.3, 0.4) is 0 Å². The van der Waals surface area contributed by atoms with Crippen LogP contribution in [0.5, 0.6) is 5.75 Å². The number of aryl methyl sites for hydroxylation is 2. The number of methoxy groups -OCH3 is 1. The summed E-state index contributed by atoms with van der Waals surface area (Å²) in [7, 11) is 0.220. The van der Waals surface area contributed by atoms with E-state index < -0.39 is 10.8 Å². The maximum Gasteiger partial charge on any atom is 0.292 e. The van der Waals surface area contributed by atoms with Gasteiger partial charge in [-0.05, 0) is 43.0 Å². The van der Waals surface area contributed by atoms with E-state index in [9.17, 15) is 13.9 Å². The van der Waals surface area contributed by atoms with Gasteiger partial charge in [0.2, 0.25) is 0 Å². The Morgan fingerprint density at radius 2 is 2.04 bits per heavy atom. The third kappa shape index (κ3) is 4.78. The zero-order valence-electron chi connectivity index (χ0n) is 15.7. The molecule has 26 heavy (non-hydrogen) atoms. The van der Waals surface area contributed by atoms with E-state index in [4.69, 9.17) is 4.74 Å². The molecule has 2 rings (SSSR count). The van der Waals surface area contributed by atoms with Gasteiger partial charge in [-0.2, -0.15) is 0 Å². The van der Waals surface area contributed by atoms with Crippen molar-refractivity contribution in [3.63, 3.8) is 0 Å². The summed E-state index contributed by atoms with van der Waals surface area (Å²) in [6.07, 6.45) is 6.39. The largest absolute Gasteiger partial charge is 0.491 e. The Bertz CT molecular complexity index is 821. The molecule has 0 fully saturated rings. The molecule has 0 aliphatic carbocycles. The number of unbranched alkanes of at least 4 members (excludes halogenated alkanes) is 1. The van der Waals surface area contributed by atoms with E-state index in [1.54, 1.807) is 38.5 Å². The topological polar surface area (TPSA) is 96.6 Å². The number of aromatic nitrogens is 2. The van der Waals surface area contributed by atoms with Gasteiger partial charge in [0.25, 0.3) is 5.56 Å². The summed E-state index contributed by atoms with van der Waals surface area (Å²) in [5.74, 6) is 0.834. The van der Waals surface area contributed by atoms with Gasteiger partial charge in [-0.25, -0.2) is 4.98 Å². The minimum absolute atomic E-state index is 0.190. The fourth-order valence-corrected chi connectivity index (χ4v) is 3.18. The van der Waals surface area contributed by atoms with Gasteiger partial charge in [0, 0.05) is 25.0 Å². The molecular formula is C18H27N3O4S. The molecule has 0 unspecified atom stereocenters. The molecule has 2 aromatic heterocycles. The van der Waals surface area contributed by atoms with E-state index in [1.165, 1.54) is 11.7 Å². The van der Waals surface area contributed by atoms with Crippen molar-refractivity contribution in [2.24, 2.45) is 7.05 Å². The van der Waals surface area contributed by atoms with Crippen molar-refractivity contribution < 1.29 is 13.8 Å². The fraction of sp³-hybridized carbons (Fsp3) is 0.444. The number of hydrogen-bond donors (Lipinski definition) is 3. The molecule has 0 aliphatic rings. The average Bonchev–Trinajstić information content (AvgIpc) is 2.62. The van der Waals surface area contributed by atoms with Crippen LogP contribution in [0.15, 0.2) is 29.3 Å². The zero-order valence-corrected chi connectivity index (χ0v) is 16.5. The molecule has 0 aliphatic heterocycles. The van der Waals surface area contributed by atoms with Gasteiger partial charge in [-0.1, -0.05) is 13.3 Å². The van der Waals surface area contributed by atoms with Gasteiger partial charge in [0.05, 0.1) is 12.9 Å². The highest BCUT2D eigenvalue weighted by Crippen LogP contribution is 2.38. The van der Waals surface area contributed by atoms with Gasteiger partial charge in [-0.3, -0.25) is 18.6 Å². The van der Waals surface area contributed by atoms with Gasteiger partial charge in [0.15, 0.2) is 5.75 Å². The smallest absolute Gasteiger partial charge is 0.292 e. The van der Waals surface area contributed by atoms with E-state index in [2.05, 4.69) is 16.6 Å². The second-order valence-corrected chi connectivity index (χ2v) is 8.22. The van der Waals surface area contributed by atoms with E-state index in [1.807, 2.05) is 0 Å². The minimum atomic E-state index is -2.92. The molecule has 0 spiro atoms. The molecule has 0 amide bonds. The Balaban J connectivity index is 2.56. The Labute approximate surface area is 155 Å². The van der Waals surface area contributed by atoms with Crippen LogP contribution < -0.4 is 15.0 Å². The minimum Gasteiger partial charge on any atom is -0.491 e. The first-order valence-corrected chi connectivity index (χ1v) is 10.3. The van der Waals surface area contributed by atoms with E-state index in [0.29, 0.717) is 5.82 Å². The molecule has 8 heteroatoms. The Morgan fingerprint density at radius 3 is 2.65 bits per heavy atom. The lowest BCUT2D eigenvalue weighted by Crippen LogP contribution is -2.18. The molecule has 2 aromatic rings. The summed E-state index contributed by atoms with van der Waals surface area (Å²) in [5.41, 5.74) is 2.52. The molecule has 0 saturated heterocycles. The van der Waals surface area contributed by atoms with Crippen LogP contribution in [0.1, 0.15) is 32.3 Å². The van der Waals surface area contributed by atoms with Gasteiger partial charge in [0.1, 0.15) is 5.82 Å². The maximum absolute atomic E-state index is 12.1. The number of nitrogens with one attached hydrogen (secondary N) is 1. The maximum atomic E-state index is 12.1. The molecule has 144 valence electrons. The second kappa shape index (κ2) is 8.57. The molecule has 0 atom stereocenters. The molecular weight excluding hydrogens is 354 g/mol. The first-order valence-electron chi connectivity index (χ1n) is 8.59. The predicted octanol–water partition coefficient (Wildman–Crippen LogP) is 3.90. The number of pyridine rings is 2. The quantitative estimate of drug-likeness (QED) is 0.642. The first-order chi connectivity index (χ1) is 12.3. The molecule has 0 aromatic carbocycles. The van der Waals surface area contributed by atoms with E-state index >= 15 is 0 Å². The van der Waals surface area contributed by atoms with E-state index in [-0.39, 0.29) is 17.1 Å². The van der Waals surface area contributed by atoms with Crippen molar-refractivity contribution in [3.05, 3.63) is 40.4 Å². The Hall–Kier alpha value is -2.03. The Kier molecular flexibility index (Phi) is 6.69. The van der Waals surface area contributed by atoms with Crippen molar-refractivity contribution in [1.29, 1.82) is 0 Å². The highest BCUT2D eigenvalue weighted by molar-refractivity contribution is 8.25. The summed E-state index contributed by atoms with van der Waals surface area (Å²) in [6.45, 7) is 3.81. The van der Waals surface area contributed by atoms with Crippen molar-refractivity contribution >= 4 is 16.6 Å². The molecule has 0 saturated carbocycles.